The highest BCUT2D eigenvalue weighted by Gasteiger charge is 2.40. The van der Waals surface area contributed by atoms with Gasteiger partial charge in [0.15, 0.2) is 5.84 Å². The number of hydrogen-bond donors (Lipinski definition) is 3. The molecule has 6 heteroatoms. The van der Waals surface area contributed by atoms with Crippen molar-refractivity contribution >= 4 is 23.1 Å². The minimum absolute atomic E-state index is 0.101. The van der Waals surface area contributed by atoms with Gasteiger partial charge in [-0.05, 0) is 43.0 Å². The fourth-order valence-electron chi connectivity index (χ4n) is 2.48. The summed E-state index contributed by atoms with van der Waals surface area (Å²) in [6.07, 6.45) is 3.34. The lowest BCUT2D eigenvalue weighted by Gasteiger charge is -2.38. The maximum Gasteiger partial charge on any atom is 0.262 e. The van der Waals surface area contributed by atoms with Crippen LogP contribution in [0.1, 0.15) is 42.3 Å². The highest BCUT2D eigenvalue weighted by Crippen LogP contribution is 2.32. The summed E-state index contributed by atoms with van der Waals surface area (Å²) in [5.74, 6) is 0.554. The molecule has 1 amide bonds. The minimum Gasteiger partial charge on any atom is -0.409 e. The zero-order chi connectivity index (χ0) is 13.9. The molecule has 0 bridgehead atoms. The number of thiophene rings is 1. The van der Waals surface area contributed by atoms with Crippen LogP contribution in [0.5, 0.6) is 0 Å². The number of amides is 1. The van der Waals surface area contributed by atoms with Crippen LogP contribution in [0.3, 0.4) is 0 Å². The van der Waals surface area contributed by atoms with Gasteiger partial charge in [-0.1, -0.05) is 18.1 Å². The molecule has 104 valence electrons. The van der Waals surface area contributed by atoms with E-state index in [2.05, 4.69) is 17.4 Å². The Balaban J connectivity index is 2.17. The van der Waals surface area contributed by atoms with Gasteiger partial charge in [-0.25, -0.2) is 0 Å². The predicted octanol–water partition coefficient (Wildman–Crippen LogP) is 2.17. The molecular weight excluding hydrogens is 262 g/mol. The van der Waals surface area contributed by atoms with Crippen LogP contribution < -0.4 is 11.1 Å². The van der Waals surface area contributed by atoms with Crippen molar-refractivity contribution in [3.63, 3.8) is 0 Å². The Kier molecular flexibility index (Phi) is 4.09. The zero-order valence-electron chi connectivity index (χ0n) is 10.9. The summed E-state index contributed by atoms with van der Waals surface area (Å²) < 4.78 is 0. The number of nitrogens with two attached hydrogens (primary N) is 1. The van der Waals surface area contributed by atoms with Gasteiger partial charge in [-0.3, -0.25) is 4.79 Å². The topological polar surface area (TPSA) is 87.7 Å². The monoisotopic (exact) mass is 281 g/mol. The van der Waals surface area contributed by atoms with Gasteiger partial charge in [0.05, 0.1) is 4.88 Å². The van der Waals surface area contributed by atoms with Crippen LogP contribution in [0.4, 0.5) is 0 Å². The quantitative estimate of drug-likeness (QED) is 0.343. The fraction of sp³-hybridized carbons (Fsp3) is 0.538. The van der Waals surface area contributed by atoms with Gasteiger partial charge >= 0.3 is 0 Å². The molecule has 0 atom stereocenters. The number of nitrogens with one attached hydrogen (secondary N) is 1. The number of amidine groups is 1. The first-order chi connectivity index (χ1) is 9.07. The number of carbonyl (C=O) groups excluding carboxylic acids is 1. The van der Waals surface area contributed by atoms with Gasteiger partial charge in [-0.2, -0.15) is 0 Å². The Morgan fingerprint density at radius 2 is 2.26 bits per heavy atom. The largest absolute Gasteiger partial charge is 0.409 e. The van der Waals surface area contributed by atoms with E-state index < -0.39 is 5.54 Å². The van der Waals surface area contributed by atoms with Crippen LogP contribution in [0.15, 0.2) is 22.7 Å². The first-order valence-corrected chi connectivity index (χ1v) is 7.29. The Labute approximate surface area is 116 Å². The lowest BCUT2D eigenvalue weighted by atomic mass is 9.76. The van der Waals surface area contributed by atoms with Crippen molar-refractivity contribution in [1.82, 2.24) is 5.32 Å². The van der Waals surface area contributed by atoms with Crippen LogP contribution in [0, 0.1) is 5.92 Å². The lowest BCUT2D eigenvalue weighted by Crippen LogP contribution is -2.59. The summed E-state index contributed by atoms with van der Waals surface area (Å²) in [6.45, 7) is 2.18. The van der Waals surface area contributed by atoms with Crippen LogP contribution in [0.2, 0.25) is 0 Å². The van der Waals surface area contributed by atoms with Crippen LogP contribution in [-0.2, 0) is 0 Å². The molecule has 0 aliphatic heterocycles. The highest BCUT2D eigenvalue weighted by molar-refractivity contribution is 7.12. The zero-order valence-corrected chi connectivity index (χ0v) is 11.7. The molecule has 0 radical (unpaired) electrons. The molecule has 2 rings (SSSR count). The summed E-state index contributed by atoms with van der Waals surface area (Å²) in [7, 11) is 0. The van der Waals surface area contributed by atoms with Crippen LogP contribution in [0.25, 0.3) is 0 Å². The minimum atomic E-state index is -0.706. The summed E-state index contributed by atoms with van der Waals surface area (Å²) in [6, 6.07) is 3.60. The van der Waals surface area contributed by atoms with E-state index in [1.165, 1.54) is 11.3 Å². The van der Waals surface area contributed by atoms with Gasteiger partial charge in [0.2, 0.25) is 0 Å². The molecule has 0 aromatic carbocycles. The molecule has 1 aliphatic carbocycles. The molecule has 4 N–H and O–H groups in total. The average Bonchev–Trinajstić information content (AvgIpc) is 2.95. The normalized spacial score (nSPS) is 28.1. The van der Waals surface area contributed by atoms with E-state index in [0.717, 1.165) is 12.8 Å². The van der Waals surface area contributed by atoms with Crippen LogP contribution >= 0.6 is 11.3 Å². The van der Waals surface area contributed by atoms with Crippen molar-refractivity contribution in [1.29, 1.82) is 0 Å². The Hall–Kier alpha value is -1.56. The van der Waals surface area contributed by atoms with E-state index in [0.29, 0.717) is 23.6 Å². The molecular formula is C13H19N3O2S. The van der Waals surface area contributed by atoms with Gasteiger partial charge in [0, 0.05) is 0 Å². The van der Waals surface area contributed by atoms with Crippen molar-refractivity contribution in [3.8, 4) is 0 Å². The second kappa shape index (κ2) is 5.61. The maximum atomic E-state index is 12.2. The number of hydrogen-bond acceptors (Lipinski definition) is 4. The molecule has 0 unspecified atom stereocenters. The Morgan fingerprint density at radius 1 is 1.58 bits per heavy atom. The van der Waals surface area contributed by atoms with E-state index in [9.17, 15) is 4.79 Å². The number of nitrogens with zero attached hydrogens (tertiary/aromatic N) is 1. The third-order valence-corrected chi connectivity index (χ3v) is 4.69. The van der Waals surface area contributed by atoms with Crippen LogP contribution in [-0.4, -0.2) is 22.5 Å². The van der Waals surface area contributed by atoms with Crippen molar-refractivity contribution < 1.29 is 10.0 Å². The Bertz CT molecular complexity index is 462. The molecule has 1 saturated carbocycles. The van der Waals surface area contributed by atoms with Crippen molar-refractivity contribution in [3.05, 3.63) is 22.4 Å². The molecule has 5 nitrogen and oxygen atoms in total. The summed E-state index contributed by atoms with van der Waals surface area (Å²) >= 11 is 1.38. The average molecular weight is 281 g/mol. The third kappa shape index (κ3) is 2.89. The molecule has 0 spiro atoms. The molecule has 1 heterocycles. The van der Waals surface area contributed by atoms with Gasteiger partial charge in [0.25, 0.3) is 5.91 Å². The van der Waals surface area contributed by atoms with E-state index >= 15 is 0 Å². The van der Waals surface area contributed by atoms with Gasteiger partial charge in [-0.15, -0.1) is 11.3 Å². The molecule has 0 saturated heterocycles. The smallest absolute Gasteiger partial charge is 0.262 e. The molecule has 1 aromatic heterocycles. The highest BCUT2D eigenvalue weighted by atomic mass is 32.1. The number of carbonyl (C=O) groups is 1. The van der Waals surface area contributed by atoms with E-state index in [-0.39, 0.29) is 11.7 Å². The predicted molar refractivity (Wildman–Crippen MR) is 75.6 cm³/mol. The second-order valence-corrected chi connectivity index (χ2v) is 6.13. The van der Waals surface area contributed by atoms with Gasteiger partial charge < -0.3 is 16.3 Å². The fourth-order valence-corrected chi connectivity index (χ4v) is 3.10. The lowest BCUT2D eigenvalue weighted by molar-refractivity contribution is 0.0901. The van der Waals surface area contributed by atoms with Crippen molar-refractivity contribution in [2.45, 2.75) is 38.1 Å². The maximum absolute atomic E-state index is 12.2. The third-order valence-electron chi connectivity index (χ3n) is 3.82. The first kappa shape index (κ1) is 13.9. The second-order valence-electron chi connectivity index (χ2n) is 5.18. The summed E-state index contributed by atoms with van der Waals surface area (Å²) in [5, 5.41) is 16.9. The molecule has 1 aromatic rings. The molecule has 1 aliphatic rings. The standard InChI is InChI=1S/C13H19N3O2S/c1-9-4-6-13(7-5-9,12(14)16-18)15-11(17)10-3-2-8-19-10/h2-3,8-9,18H,4-7H2,1H3,(H2,14,16)(H,15,17). The molecule has 19 heavy (non-hydrogen) atoms. The van der Waals surface area contributed by atoms with Crippen molar-refractivity contribution in [2.75, 3.05) is 0 Å². The van der Waals surface area contributed by atoms with E-state index in [1.54, 1.807) is 6.07 Å². The summed E-state index contributed by atoms with van der Waals surface area (Å²) in [4.78, 5) is 12.8. The summed E-state index contributed by atoms with van der Waals surface area (Å²) in [5.41, 5.74) is 5.11. The van der Waals surface area contributed by atoms with Gasteiger partial charge in [0.1, 0.15) is 5.54 Å². The SMILES string of the molecule is CC1CCC(NC(=O)c2cccs2)(/C(N)=N/O)CC1. The number of rotatable bonds is 3. The van der Waals surface area contributed by atoms with E-state index in [4.69, 9.17) is 10.9 Å². The molecule has 1 fully saturated rings. The van der Waals surface area contributed by atoms with E-state index in [1.807, 2.05) is 11.4 Å². The number of oxime groups is 1. The van der Waals surface area contributed by atoms with Crippen molar-refractivity contribution in [2.24, 2.45) is 16.8 Å². The first-order valence-electron chi connectivity index (χ1n) is 6.41. The Morgan fingerprint density at radius 3 is 2.79 bits per heavy atom.